The zero-order valence-corrected chi connectivity index (χ0v) is 57.1. The standard InChI is InChI=1S/C64H125NO25P2/c1-3-5-7-9-11-13-15-17-19-20-21-22-23-24-25-26-27-29-31-33-35-37-39-41-47(67)65-44(48(68)45(66)40-38-36-34-32-30-28-18-16-14-12-10-8-6-4-2)42-85-91(81,82)90-63-59(79)55(75)54(74)58(78)62(63)88-64-60(80)50(70)49(69)46(87-64)43-86-92(83,84)89-61-56(76)52(72)51(71)53(73)57(61)77/h44-46,48-64,66,68-80H,3-43H2,1-2H3,(H,65,67)(H,81,82)(H,83,84)/t44-,45?,46+,48-,49+,50-,51?,52-,53+,54+,55+,56+,57+,58-,59+,60-,61?,62+,63+,64?/m0/s1. The first-order valence-electron chi connectivity index (χ1n) is 35.3. The number of hydrogen-bond donors (Lipinski definition) is 17. The van der Waals surface area contributed by atoms with E-state index in [1.807, 2.05) is 0 Å². The highest BCUT2D eigenvalue weighted by Gasteiger charge is 2.56. The number of phosphoric ester groups is 2. The Morgan fingerprint density at radius 2 is 0.717 bits per heavy atom. The summed E-state index contributed by atoms with van der Waals surface area (Å²) in [6.45, 7) is 2.23. The van der Waals surface area contributed by atoms with Gasteiger partial charge in [0.05, 0.1) is 25.4 Å². The monoisotopic (exact) mass is 1370 g/mol. The number of amides is 1. The van der Waals surface area contributed by atoms with Crippen molar-refractivity contribution in [3.05, 3.63) is 0 Å². The molecule has 1 saturated heterocycles. The van der Waals surface area contributed by atoms with Crippen molar-refractivity contribution < 1.29 is 123 Å². The SMILES string of the molecule is CCCCCCCCCCCCCCCCCCCCCCCCCC(=O)N[C@@H](COP(=O)(O)O[C@@H]1[C@H](O)[C@H](O)[C@@H](O)[C@H](O)[C@H]1OC1O[C@H](COP(=O)(O)OC2[C@H](O)[C@H](O)C(O)[C@H](O)[C@H]2O)[C@@H](O)[C@H](O)[C@@H]1O)[C@H](O)C(O)CCCCCCCCCCCCCCCC. The molecule has 546 valence electrons. The molecule has 0 aromatic carbocycles. The molecule has 3 rings (SSSR count). The number of hydrogen-bond acceptors (Lipinski definition) is 23. The summed E-state index contributed by atoms with van der Waals surface area (Å²) < 4.78 is 57.9. The summed E-state index contributed by atoms with van der Waals surface area (Å²) >= 11 is 0. The minimum Gasteiger partial charge on any atom is -0.390 e. The highest BCUT2D eigenvalue weighted by Crippen LogP contribution is 2.49. The van der Waals surface area contributed by atoms with Crippen LogP contribution in [-0.4, -0.2) is 223 Å². The lowest BCUT2D eigenvalue weighted by Gasteiger charge is -2.47. The van der Waals surface area contributed by atoms with Crippen LogP contribution in [0.15, 0.2) is 0 Å². The van der Waals surface area contributed by atoms with Crippen LogP contribution in [0.2, 0.25) is 0 Å². The second kappa shape index (κ2) is 47.9. The van der Waals surface area contributed by atoms with Gasteiger partial charge in [0.2, 0.25) is 5.91 Å². The van der Waals surface area contributed by atoms with Crippen LogP contribution in [0.3, 0.4) is 0 Å². The van der Waals surface area contributed by atoms with Crippen molar-refractivity contribution in [2.24, 2.45) is 0 Å². The van der Waals surface area contributed by atoms with E-state index in [0.717, 1.165) is 64.2 Å². The van der Waals surface area contributed by atoms with Crippen LogP contribution in [0.4, 0.5) is 0 Å². The van der Waals surface area contributed by atoms with Crippen LogP contribution in [0.25, 0.3) is 0 Å². The number of rotatable bonds is 54. The number of phosphoric acid groups is 2. The van der Waals surface area contributed by atoms with Gasteiger partial charge in [0, 0.05) is 6.42 Å². The number of nitrogens with one attached hydrogen (secondary N) is 1. The van der Waals surface area contributed by atoms with Crippen molar-refractivity contribution in [2.45, 2.75) is 386 Å². The molecule has 0 radical (unpaired) electrons. The molecule has 92 heavy (non-hydrogen) atoms. The third-order valence-corrected chi connectivity index (χ3v) is 20.4. The molecule has 2 saturated carbocycles. The zero-order valence-electron chi connectivity index (χ0n) is 55.3. The van der Waals surface area contributed by atoms with Crippen molar-refractivity contribution >= 4 is 21.6 Å². The summed E-state index contributed by atoms with van der Waals surface area (Å²) in [5.74, 6) is -0.548. The molecule has 17 N–H and O–H groups in total. The Kier molecular flexibility index (Phi) is 44.4. The summed E-state index contributed by atoms with van der Waals surface area (Å²) in [7, 11) is -11.1. The third kappa shape index (κ3) is 32.4. The van der Waals surface area contributed by atoms with E-state index >= 15 is 0 Å². The van der Waals surface area contributed by atoms with Gasteiger partial charge < -0.3 is 96.1 Å². The minimum absolute atomic E-state index is 0.0214. The number of aliphatic hydroxyl groups is 14. The predicted octanol–water partition coefficient (Wildman–Crippen LogP) is 5.92. The molecular formula is C64H125NO25P2. The van der Waals surface area contributed by atoms with Crippen molar-refractivity contribution in [3.63, 3.8) is 0 Å². The van der Waals surface area contributed by atoms with E-state index < -0.39 is 157 Å². The smallest absolute Gasteiger partial charge is 0.390 e. The maximum atomic E-state index is 13.8. The predicted molar refractivity (Wildman–Crippen MR) is 342 cm³/mol. The Bertz CT molecular complexity index is 1960. The quantitative estimate of drug-likeness (QED) is 0.0248. The van der Waals surface area contributed by atoms with Crippen LogP contribution >= 0.6 is 15.6 Å². The topological polar surface area (TPSA) is 442 Å². The van der Waals surface area contributed by atoms with E-state index in [1.165, 1.54) is 161 Å². The third-order valence-electron chi connectivity index (χ3n) is 18.4. The first-order valence-corrected chi connectivity index (χ1v) is 38.3. The normalized spacial score (nSPS) is 31.0. The Morgan fingerprint density at radius 1 is 0.402 bits per heavy atom. The lowest BCUT2D eigenvalue weighted by atomic mass is 9.84. The maximum absolute atomic E-state index is 13.8. The molecule has 0 spiro atoms. The van der Waals surface area contributed by atoms with E-state index in [4.69, 9.17) is 27.6 Å². The van der Waals surface area contributed by atoms with Gasteiger partial charge in [-0.05, 0) is 12.8 Å². The average Bonchev–Trinajstić information content (AvgIpc) is 0.790. The van der Waals surface area contributed by atoms with E-state index in [2.05, 4.69) is 19.2 Å². The highest BCUT2D eigenvalue weighted by molar-refractivity contribution is 7.47. The van der Waals surface area contributed by atoms with Crippen LogP contribution in [-0.2, 0) is 41.5 Å². The van der Waals surface area contributed by atoms with Gasteiger partial charge in [0.25, 0.3) is 0 Å². The first kappa shape index (κ1) is 85.3. The molecule has 1 amide bonds. The van der Waals surface area contributed by atoms with Crippen LogP contribution in [0.5, 0.6) is 0 Å². The van der Waals surface area contributed by atoms with E-state index in [9.17, 15) is 95.2 Å². The van der Waals surface area contributed by atoms with Gasteiger partial charge in [-0.2, -0.15) is 0 Å². The van der Waals surface area contributed by atoms with Crippen LogP contribution in [0.1, 0.15) is 264 Å². The fourth-order valence-corrected chi connectivity index (χ4v) is 14.3. The lowest BCUT2D eigenvalue weighted by molar-refractivity contribution is -0.337. The molecule has 3 aliphatic rings. The van der Waals surface area contributed by atoms with Gasteiger partial charge in [-0.1, -0.05) is 245 Å². The molecule has 1 heterocycles. The maximum Gasteiger partial charge on any atom is 0.472 e. The Labute approximate surface area is 547 Å². The zero-order chi connectivity index (χ0) is 68.1. The van der Waals surface area contributed by atoms with Crippen molar-refractivity contribution in [1.82, 2.24) is 5.32 Å². The van der Waals surface area contributed by atoms with Crippen LogP contribution in [0, 0.1) is 0 Å². The number of unbranched alkanes of at least 4 members (excludes halogenated alkanes) is 35. The largest absolute Gasteiger partial charge is 0.472 e. The van der Waals surface area contributed by atoms with Gasteiger partial charge in [0.1, 0.15) is 104 Å². The fourth-order valence-electron chi connectivity index (χ4n) is 12.4. The average molecular weight is 1370 g/mol. The Hall–Kier alpha value is -0.950. The van der Waals surface area contributed by atoms with Crippen molar-refractivity contribution in [3.8, 4) is 0 Å². The molecule has 28 heteroatoms. The Balaban J connectivity index is 1.56. The van der Waals surface area contributed by atoms with Gasteiger partial charge in [-0.3, -0.25) is 22.9 Å². The molecule has 1 aliphatic heterocycles. The molecule has 0 bridgehead atoms. The summed E-state index contributed by atoms with van der Waals surface area (Å²) in [5.41, 5.74) is 0. The summed E-state index contributed by atoms with van der Waals surface area (Å²) in [4.78, 5) is 35.0. The van der Waals surface area contributed by atoms with Gasteiger partial charge in [-0.25, -0.2) is 9.13 Å². The molecule has 2 aliphatic carbocycles. The van der Waals surface area contributed by atoms with Gasteiger partial charge >= 0.3 is 15.6 Å². The number of carbonyl (C=O) groups is 1. The van der Waals surface area contributed by atoms with E-state index in [-0.39, 0.29) is 12.8 Å². The van der Waals surface area contributed by atoms with Gasteiger partial charge in [0.15, 0.2) is 6.29 Å². The Morgan fingerprint density at radius 3 is 1.12 bits per heavy atom. The van der Waals surface area contributed by atoms with Crippen molar-refractivity contribution in [1.29, 1.82) is 0 Å². The summed E-state index contributed by atoms with van der Waals surface area (Å²) in [5, 5.41) is 152. The molecular weight excluding hydrogens is 1240 g/mol. The number of carbonyl (C=O) groups excluding carboxylic acids is 1. The molecule has 3 fully saturated rings. The summed E-state index contributed by atoms with van der Waals surface area (Å²) in [6, 6.07) is -1.51. The fraction of sp³-hybridized carbons (Fsp3) is 0.984. The van der Waals surface area contributed by atoms with E-state index in [0.29, 0.717) is 12.8 Å². The van der Waals surface area contributed by atoms with Crippen molar-refractivity contribution in [2.75, 3.05) is 13.2 Å². The lowest BCUT2D eigenvalue weighted by Crippen LogP contribution is -2.67. The number of ether oxygens (including phenoxy) is 2. The number of aliphatic hydroxyl groups excluding tert-OH is 14. The minimum atomic E-state index is -5.61. The second-order valence-corrected chi connectivity index (χ2v) is 29.2. The molecule has 26 nitrogen and oxygen atoms in total. The van der Waals surface area contributed by atoms with E-state index in [1.54, 1.807) is 0 Å². The molecule has 0 aromatic heterocycles. The second-order valence-electron chi connectivity index (χ2n) is 26.3. The summed E-state index contributed by atoms with van der Waals surface area (Å²) in [6.07, 6.45) is 2.08. The molecule has 0 aromatic rings. The molecule has 22 atom stereocenters. The molecule has 6 unspecified atom stereocenters. The van der Waals surface area contributed by atoms with Crippen LogP contribution < -0.4 is 5.32 Å². The highest BCUT2D eigenvalue weighted by atomic mass is 31.2. The van der Waals surface area contributed by atoms with Gasteiger partial charge in [-0.15, -0.1) is 0 Å². The first-order chi connectivity index (χ1) is 43.9.